The maximum atomic E-state index is 5.90. The zero-order valence-electron chi connectivity index (χ0n) is 16.9. The summed E-state index contributed by atoms with van der Waals surface area (Å²) >= 11 is 0. The molecular weight excluding hydrogens is 455 g/mol. The summed E-state index contributed by atoms with van der Waals surface area (Å²) in [5.74, 6) is 3.43. The molecule has 7 heteroatoms. The maximum Gasteiger partial charge on any atom is 0.191 e. The van der Waals surface area contributed by atoms with Gasteiger partial charge in [0.2, 0.25) is 0 Å². The second-order valence-electron chi connectivity index (χ2n) is 7.36. The van der Waals surface area contributed by atoms with E-state index in [0.717, 1.165) is 42.5 Å². The normalized spacial score (nSPS) is 22.0. The lowest BCUT2D eigenvalue weighted by Crippen LogP contribution is -2.39. The Morgan fingerprint density at radius 1 is 1.37 bits per heavy atom. The van der Waals surface area contributed by atoms with Gasteiger partial charge >= 0.3 is 0 Å². The zero-order chi connectivity index (χ0) is 18.5. The summed E-state index contributed by atoms with van der Waals surface area (Å²) in [6.45, 7) is 8.72. The van der Waals surface area contributed by atoms with Crippen molar-refractivity contribution in [3.05, 3.63) is 23.3 Å². The Labute approximate surface area is 180 Å². The molecule has 0 saturated carbocycles. The molecular formula is C20H33IN4O2. The Morgan fingerprint density at radius 2 is 2.19 bits per heavy atom. The lowest BCUT2D eigenvalue weighted by molar-refractivity contribution is 0.254. The van der Waals surface area contributed by atoms with Gasteiger partial charge in [-0.15, -0.1) is 24.0 Å². The summed E-state index contributed by atoms with van der Waals surface area (Å²) in [7, 11) is 3.99. The van der Waals surface area contributed by atoms with E-state index >= 15 is 0 Å². The van der Waals surface area contributed by atoms with E-state index in [9.17, 15) is 0 Å². The minimum atomic E-state index is 0. The molecule has 152 valence electrons. The van der Waals surface area contributed by atoms with Crippen LogP contribution in [-0.2, 0) is 13.0 Å². The van der Waals surface area contributed by atoms with E-state index in [1.54, 1.807) is 0 Å². The van der Waals surface area contributed by atoms with Crippen LogP contribution in [0.1, 0.15) is 31.4 Å². The summed E-state index contributed by atoms with van der Waals surface area (Å²) in [6.07, 6.45) is 2.43. The van der Waals surface area contributed by atoms with Gasteiger partial charge in [0.1, 0.15) is 17.6 Å². The van der Waals surface area contributed by atoms with Crippen molar-refractivity contribution in [2.45, 2.75) is 39.3 Å². The number of fused-ring (bicyclic) bond motifs is 1. The molecule has 1 aromatic carbocycles. The third kappa shape index (κ3) is 5.88. The molecule has 0 aromatic heterocycles. The number of ether oxygens (including phenoxy) is 2. The van der Waals surface area contributed by atoms with Gasteiger partial charge < -0.3 is 25.0 Å². The van der Waals surface area contributed by atoms with Crippen LogP contribution in [-0.4, -0.2) is 57.3 Å². The fraction of sp³-hybridized carbons (Fsp3) is 0.650. The minimum absolute atomic E-state index is 0. The first kappa shape index (κ1) is 22.1. The van der Waals surface area contributed by atoms with E-state index < -0.39 is 0 Å². The first-order chi connectivity index (χ1) is 12.6. The highest BCUT2D eigenvalue weighted by atomic mass is 127. The van der Waals surface area contributed by atoms with Gasteiger partial charge in [-0.25, -0.2) is 0 Å². The third-order valence-electron chi connectivity index (χ3n) is 5.10. The van der Waals surface area contributed by atoms with Gasteiger partial charge in [-0.2, -0.15) is 0 Å². The number of hydrogen-bond acceptors (Lipinski definition) is 4. The smallest absolute Gasteiger partial charge is 0.191 e. The lowest BCUT2D eigenvalue weighted by Gasteiger charge is -2.17. The van der Waals surface area contributed by atoms with Crippen LogP contribution in [0.25, 0.3) is 0 Å². The molecule has 1 fully saturated rings. The van der Waals surface area contributed by atoms with Crippen molar-refractivity contribution < 1.29 is 9.47 Å². The number of nitrogens with one attached hydrogen (secondary N) is 2. The van der Waals surface area contributed by atoms with E-state index in [1.807, 2.05) is 14.0 Å². The van der Waals surface area contributed by atoms with Crippen LogP contribution >= 0.6 is 24.0 Å². The standard InChI is InChI=1S/C20H32N4O2.HI/c1-5-25-18-9-16-8-14(2)26-19(16)10-17(18)12-23-20(21-3)22-11-15-6-7-24(4)13-15;/h9-10,14-15H,5-8,11-13H2,1-4H3,(H2,21,22,23);1H. The predicted octanol–water partition coefficient (Wildman–Crippen LogP) is 2.64. The van der Waals surface area contributed by atoms with Crippen LogP contribution in [0.4, 0.5) is 0 Å². The van der Waals surface area contributed by atoms with Crippen molar-refractivity contribution in [3.8, 4) is 11.5 Å². The number of benzene rings is 1. The van der Waals surface area contributed by atoms with Crippen LogP contribution < -0.4 is 20.1 Å². The summed E-state index contributed by atoms with van der Waals surface area (Å²) in [6, 6.07) is 4.24. The molecule has 2 unspecified atom stereocenters. The molecule has 1 aromatic rings. The minimum Gasteiger partial charge on any atom is -0.494 e. The Morgan fingerprint density at radius 3 is 2.85 bits per heavy atom. The molecule has 1 saturated heterocycles. The summed E-state index contributed by atoms with van der Waals surface area (Å²) in [5, 5.41) is 6.86. The van der Waals surface area contributed by atoms with Crippen LogP contribution in [0.2, 0.25) is 0 Å². The lowest BCUT2D eigenvalue weighted by atomic mass is 10.1. The fourth-order valence-corrected chi connectivity index (χ4v) is 3.74. The van der Waals surface area contributed by atoms with Gasteiger partial charge in [-0.1, -0.05) is 0 Å². The molecule has 0 bridgehead atoms. The van der Waals surface area contributed by atoms with Gasteiger partial charge in [0.15, 0.2) is 5.96 Å². The van der Waals surface area contributed by atoms with E-state index in [2.05, 4.69) is 46.6 Å². The maximum absolute atomic E-state index is 5.90. The third-order valence-corrected chi connectivity index (χ3v) is 5.10. The number of aliphatic imine (C=N–C) groups is 1. The number of likely N-dealkylation sites (tertiary alicyclic amines) is 1. The summed E-state index contributed by atoms with van der Waals surface area (Å²) in [5.41, 5.74) is 2.33. The summed E-state index contributed by atoms with van der Waals surface area (Å²) in [4.78, 5) is 6.73. The van der Waals surface area contributed by atoms with Crippen molar-refractivity contribution >= 4 is 29.9 Å². The molecule has 2 heterocycles. The molecule has 0 aliphatic carbocycles. The van der Waals surface area contributed by atoms with Gasteiger partial charge in [0.25, 0.3) is 0 Å². The molecule has 2 aliphatic heterocycles. The summed E-state index contributed by atoms with van der Waals surface area (Å²) < 4.78 is 11.8. The topological polar surface area (TPSA) is 58.1 Å². The van der Waals surface area contributed by atoms with Crippen molar-refractivity contribution in [1.29, 1.82) is 0 Å². The SMILES string of the molecule is CCOc1cc2c(cc1CNC(=NC)NCC1CCN(C)C1)OC(C)C2.I. The second kappa shape index (κ2) is 10.4. The molecule has 3 rings (SSSR count). The predicted molar refractivity (Wildman–Crippen MR) is 121 cm³/mol. The molecule has 2 atom stereocenters. The molecule has 2 aliphatic rings. The molecule has 0 radical (unpaired) electrons. The van der Waals surface area contributed by atoms with Gasteiger partial charge in [0.05, 0.1) is 6.61 Å². The molecule has 6 nitrogen and oxygen atoms in total. The molecule has 2 N–H and O–H groups in total. The number of rotatable bonds is 6. The Bertz CT molecular complexity index is 653. The van der Waals surface area contributed by atoms with Crippen LogP contribution in [0.15, 0.2) is 17.1 Å². The Kier molecular flexibility index (Phi) is 8.47. The van der Waals surface area contributed by atoms with Gasteiger partial charge in [-0.05, 0) is 51.9 Å². The van der Waals surface area contributed by atoms with E-state index in [0.29, 0.717) is 19.1 Å². The highest BCUT2D eigenvalue weighted by Crippen LogP contribution is 2.35. The molecule has 0 amide bonds. The zero-order valence-corrected chi connectivity index (χ0v) is 19.2. The number of halogens is 1. The van der Waals surface area contributed by atoms with E-state index in [4.69, 9.17) is 9.47 Å². The molecule has 0 spiro atoms. The quantitative estimate of drug-likeness (QED) is 0.367. The highest BCUT2D eigenvalue weighted by Gasteiger charge is 2.22. The number of hydrogen-bond donors (Lipinski definition) is 2. The van der Waals surface area contributed by atoms with Crippen molar-refractivity contribution in [1.82, 2.24) is 15.5 Å². The second-order valence-corrected chi connectivity index (χ2v) is 7.36. The average Bonchev–Trinajstić information content (AvgIpc) is 3.19. The van der Waals surface area contributed by atoms with Gasteiger partial charge in [0, 0.05) is 44.2 Å². The van der Waals surface area contributed by atoms with Crippen molar-refractivity contribution in [3.63, 3.8) is 0 Å². The fourth-order valence-electron chi connectivity index (χ4n) is 3.74. The van der Waals surface area contributed by atoms with Crippen LogP contribution in [0.3, 0.4) is 0 Å². The highest BCUT2D eigenvalue weighted by molar-refractivity contribution is 14.0. The van der Waals surface area contributed by atoms with E-state index in [-0.39, 0.29) is 30.1 Å². The Hall–Kier alpha value is -1.22. The largest absolute Gasteiger partial charge is 0.494 e. The van der Waals surface area contributed by atoms with Crippen LogP contribution in [0.5, 0.6) is 11.5 Å². The van der Waals surface area contributed by atoms with E-state index in [1.165, 1.54) is 18.5 Å². The Balaban J connectivity index is 0.00000261. The van der Waals surface area contributed by atoms with Crippen molar-refractivity contribution in [2.24, 2.45) is 10.9 Å². The monoisotopic (exact) mass is 488 g/mol. The van der Waals surface area contributed by atoms with Gasteiger partial charge in [-0.3, -0.25) is 4.99 Å². The molecule has 27 heavy (non-hydrogen) atoms. The first-order valence-corrected chi connectivity index (χ1v) is 9.67. The van der Waals surface area contributed by atoms with Crippen LogP contribution in [0, 0.1) is 5.92 Å². The average molecular weight is 488 g/mol. The number of nitrogens with zero attached hydrogens (tertiary/aromatic N) is 2. The first-order valence-electron chi connectivity index (χ1n) is 9.67. The van der Waals surface area contributed by atoms with Crippen molar-refractivity contribution in [2.75, 3.05) is 40.3 Å². The number of guanidine groups is 1.